The van der Waals surface area contributed by atoms with Crippen LogP contribution in [0.3, 0.4) is 0 Å². The summed E-state index contributed by atoms with van der Waals surface area (Å²) >= 11 is 0. The van der Waals surface area contributed by atoms with Crippen LogP contribution in [0.4, 0.5) is 13.2 Å². The lowest BCUT2D eigenvalue weighted by atomic mass is 10.1. The molecule has 1 amide bonds. The van der Waals surface area contributed by atoms with E-state index in [9.17, 15) is 22.8 Å². The molecule has 0 unspecified atom stereocenters. The predicted octanol–water partition coefficient (Wildman–Crippen LogP) is 3.20. The molecule has 2 aromatic carbocycles. The maximum Gasteiger partial charge on any atom is 0.416 e. The number of rotatable bonds is 7. The van der Waals surface area contributed by atoms with Gasteiger partial charge in [0.05, 0.1) is 19.8 Å². The smallest absolute Gasteiger partial charge is 0.416 e. The number of carbonyl (C=O) groups excluding carboxylic acids is 2. The van der Waals surface area contributed by atoms with E-state index < -0.39 is 36.8 Å². The number of benzene rings is 2. The van der Waals surface area contributed by atoms with E-state index >= 15 is 0 Å². The third-order valence-electron chi connectivity index (χ3n) is 3.72. The van der Waals surface area contributed by atoms with Gasteiger partial charge in [-0.05, 0) is 18.2 Å². The Labute approximate surface area is 159 Å². The first-order valence-corrected chi connectivity index (χ1v) is 8.06. The Bertz CT molecular complexity index is 829. The molecule has 1 N–H and O–H groups in total. The zero-order valence-corrected chi connectivity index (χ0v) is 15.1. The fraction of sp³-hybridized carbons (Fsp3) is 0.263. The van der Waals surface area contributed by atoms with Crippen LogP contribution in [-0.2, 0) is 22.3 Å². The Balaban J connectivity index is 1.94. The number of halogens is 3. The fourth-order valence-corrected chi connectivity index (χ4v) is 2.33. The zero-order valence-electron chi connectivity index (χ0n) is 15.1. The van der Waals surface area contributed by atoms with Crippen molar-refractivity contribution in [2.75, 3.05) is 20.8 Å². The standard InChI is InChI=1S/C19H18F3NO5/c1-26-14-7-13(8-15(9-14)27-2)18(25)23-10-17(24)28-11-12-5-3-4-6-16(12)19(20,21)22/h3-9H,10-11H2,1-2H3,(H,23,25). The topological polar surface area (TPSA) is 73.9 Å². The summed E-state index contributed by atoms with van der Waals surface area (Å²) < 4.78 is 53.7. The van der Waals surface area contributed by atoms with Crippen molar-refractivity contribution >= 4 is 11.9 Å². The second-order valence-corrected chi connectivity index (χ2v) is 5.60. The van der Waals surface area contributed by atoms with E-state index in [0.717, 1.165) is 6.07 Å². The minimum atomic E-state index is -4.55. The van der Waals surface area contributed by atoms with Crippen LogP contribution in [-0.4, -0.2) is 32.6 Å². The average Bonchev–Trinajstić information content (AvgIpc) is 2.69. The first-order chi connectivity index (χ1) is 13.2. The third-order valence-corrected chi connectivity index (χ3v) is 3.72. The number of amides is 1. The molecule has 6 nitrogen and oxygen atoms in total. The lowest BCUT2D eigenvalue weighted by Crippen LogP contribution is -2.30. The van der Waals surface area contributed by atoms with E-state index in [1.807, 2.05) is 0 Å². The molecule has 0 bridgehead atoms. The lowest BCUT2D eigenvalue weighted by molar-refractivity contribution is -0.146. The second-order valence-electron chi connectivity index (χ2n) is 5.60. The van der Waals surface area contributed by atoms with Gasteiger partial charge in [-0.15, -0.1) is 0 Å². The van der Waals surface area contributed by atoms with E-state index in [1.165, 1.54) is 44.6 Å². The molecule has 2 aromatic rings. The number of ether oxygens (including phenoxy) is 3. The SMILES string of the molecule is COc1cc(OC)cc(C(=O)NCC(=O)OCc2ccccc2C(F)(F)F)c1. The Kier molecular flexibility index (Phi) is 6.86. The van der Waals surface area contributed by atoms with Crippen LogP contribution in [0, 0.1) is 0 Å². The molecule has 0 aromatic heterocycles. The monoisotopic (exact) mass is 397 g/mol. The summed E-state index contributed by atoms with van der Waals surface area (Å²) in [6, 6.07) is 9.25. The van der Waals surface area contributed by atoms with Crippen molar-refractivity contribution in [1.29, 1.82) is 0 Å². The molecule has 0 fully saturated rings. The van der Waals surface area contributed by atoms with E-state index in [-0.39, 0.29) is 11.1 Å². The molecule has 0 saturated carbocycles. The number of esters is 1. The van der Waals surface area contributed by atoms with Crippen LogP contribution < -0.4 is 14.8 Å². The molecule has 0 aliphatic carbocycles. The van der Waals surface area contributed by atoms with Crippen LogP contribution in [0.15, 0.2) is 42.5 Å². The number of hydrogen-bond donors (Lipinski definition) is 1. The van der Waals surface area contributed by atoms with Gasteiger partial charge in [0.25, 0.3) is 5.91 Å². The maximum atomic E-state index is 12.9. The van der Waals surface area contributed by atoms with Gasteiger partial charge in [0.2, 0.25) is 0 Å². The summed E-state index contributed by atoms with van der Waals surface area (Å²) in [5, 5.41) is 2.34. The zero-order chi connectivity index (χ0) is 20.7. The second kappa shape index (κ2) is 9.12. The van der Waals surface area contributed by atoms with Crippen molar-refractivity contribution in [3.63, 3.8) is 0 Å². The molecular formula is C19H18F3NO5. The Morgan fingerprint density at radius 1 is 1.00 bits per heavy atom. The first kappa shape index (κ1) is 21.1. The van der Waals surface area contributed by atoms with Crippen LogP contribution in [0.25, 0.3) is 0 Å². The molecule has 28 heavy (non-hydrogen) atoms. The molecule has 2 rings (SSSR count). The van der Waals surface area contributed by atoms with Gasteiger partial charge >= 0.3 is 12.1 Å². The predicted molar refractivity (Wildman–Crippen MR) is 93.1 cm³/mol. The van der Waals surface area contributed by atoms with Gasteiger partial charge < -0.3 is 19.5 Å². The van der Waals surface area contributed by atoms with Crippen molar-refractivity contribution in [3.8, 4) is 11.5 Å². The highest BCUT2D eigenvalue weighted by atomic mass is 19.4. The molecular weight excluding hydrogens is 379 g/mol. The van der Waals surface area contributed by atoms with Gasteiger partial charge in [-0.1, -0.05) is 18.2 Å². The van der Waals surface area contributed by atoms with Crippen molar-refractivity contribution in [1.82, 2.24) is 5.32 Å². The summed E-state index contributed by atoms with van der Waals surface area (Å²) in [6.07, 6.45) is -4.55. The van der Waals surface area contributed by atoms with Crippen molar-refractivity contribution in [2.24, 2.45) is 0 Å². The minimum Gasteiger partial charge on any atom is -0.497 e. The molecule has 9 heteroatoms. The van der Waals surface area contributed by atoms with E-state index in [0.29, 0.717) is 11.5 Å². The summed E-state index contributed by atoms with van der Waals surface area (Å²) in [5.74, 6) is -0.698. The molecule has 0 heterocycles. The van der Waals surface area contributed by atoms with Gasteiger partial charge in [0.15, 0.2) is 0 Å². The average molecular weight is 397 g/mol. The molecule has 0 radical (unpaired) electrons. The van der Waals surface area contributed by atoms with Crippen LogP contribution in [0.5, 0.6) is 11.5 Å². The highest BCUT2D eigenvalue weighted by Gasteiger charge is 2.33. The van der Waals surface area contributed by atoms with Crippen molar-refractivity contribution in [3.05, 3.63) is 59.2 Å². The Hall–Kier alpha value is -3.23. The molecule has 0 aliphatic rings. The van der Waals surface area contributed by atoms with Crippen LogP contribution in [0.1, 0.15) is 21.5 Å². The van der Waals surface area contributed by atoms with Crippen LogP contribution in [0.2, 0.25) is 0 Å². The van der Waals surface area contributed by atoms with Crippen molar-refractivity contribution < 1.29 is 37.0 Å². The number of methoxy groups -OCH3 is 2. The fourth-order valence-electron chi connectivity index (χ4n) is 2.33. The number of carbonyl (C=O) groups is 2. The van der Waals surface area contributed by atoms with Gasteiger partial charge in [-0.25, -0.2) is 0 Å². The summed E-state index contributed by atoms with van der Waals surface area (Å²) in [5.41, 5.74) is -0.867. The summed E-state index contributed by atoms with van der Waals surface area (Å²) in [7, 11) is 2.85. The number of alkyl halides is 3. The Morgan fingerprint density at radius 3 is 2.18 bits per heavy atom. The normalized spacial score (nSPS) is 10.9. The van der Waals surface area contributed by atoms with E-state index in [1.54, 1.807) is 6.07 Å². The quantitative estimate of drug-likeness (QED) is 0.727. The highest BCUT2D eigenvalue weighted by molar-refractivity contribution is 5.96. The largest absolute Gasteiger partial charge is 0.497 e. The first-order valence-electron chi connectivity index (χ1n) is 8.06. The van der Waals surface area contributed by atoms with Gasteiger partial charge in [-0.2, -0.15) is 13.2 Å². The molecule has 0 saturated heterocycles. The molecule has 0 atom stereocenters. The van der Waals surface area contributed by atoms with Crippen LogP contribution >= 0.6 is 0 Å². The van der Waals surface area contributed by atoms with Crippen molar-refractivity contribution in [2.45, 2.75) is 12.8 Å². The van der Waals surface area contributed by atoms with Gasteiger partial charge in [0, 0.05) is 17.2 Å². The number of nitrogens with one attached hydrogen (secondary N) is 1. The molecule has 0 aliphatic heterocycles. The van der Waals surface area contributed by atoms with Gasteiger partial charge in [0.1, 0.15) is 24.7 Å². The minimum absolute atomic E-state index is 0.174. The highest BCUT2D eigenvalue weighted by Crippen LogP contribution is 2.32. The summed E-state index contributed by atoms with van der Waals surface area (Å²) in [6.45, 7) is -1.07. The van der Waals surface area contributed by atoms with E-state index in [4.69, 9.17) is 14.2 Å². The molecule has 0 spiro atoms. The Morgan fingerprint density at radius 2 is 1.61 bits per heavy atom. The molecule has 150 valence electrons. The third kappa shape index (κ3) is 5.63. The van der Waals surface area contributed by atoms with E-state index in [2.05, 4.69) is 5.32 Å². The number of hydrogen-bond acceptors (Lipinski definition) is 5. The van der Waals surface area contributed by atoms with Gasteiger partial charge in [-0.3, -0.25) is 9.59 Å². The maximum absolute atomic E-state index is 12.9. The lowest BCUT2D eigenvalue weighted by Gasteiger charge is -2.13. The summed E-state index contributed by atoms with van der Waals surface area (Å²) in [4.78, 5) is 24.0.